The largest absolute Gasteiger partial charge is 0.507 e. The van der Waals surface area contributed by atoms with E-state index >= 15 is 0 Å². The Labute approximate surface area is 77.4 Å². The van der Waals surface area contributed by atoms with Gasteiger partial charge in [-0.05, 0) is 31.5 Å². The topological polar surface area (TPSA) is 49.3 Å². The van der Waals surface area contributed by atoms with E-state index in [-0.39, 0.29) is 11.7 Å². The summed E-state index contributed by atoms with van der Waals surface area (Å²) in [5.74, 6) is -0.203. The van der Waals surface area contributed by atoms with Crippen molar-refractivity contribution in [1.82, 2.24) is 5.32 Å². The molecule has 0 fully saturated rings. The summed E-state index contributed by atoms with van der Waals surface area (Å²) in [7, 11) is 0. The molecule has 0 aromatic heterocycles. The van der Waals surface area contributed by atoms with Crippen LogP contribution in [0.3, 0.4) is 0 Å². The molecule has 3 heteroatoms. The minimum absolute atomic E-state index is 0.0333. The number of hydrogen-bond donors (Lipinski definition) is 2. The zero-order chi connectivity index (χ0) is 9.84. The molecule has 0 aliphatic carbocycles. The van der Waals surface area contributed by atoms with E-state index in [1.165, 1.54) is 0 Å². The maximum atomic E-state index is 11.3. The number of amides is 1. The van der Waals surface area contributed by atoms with Crippen molar-refractivity contribution in [3.63, 3.8) is 0 Å². The van der Waals surface area contributed by atoms with Crippen LogP contribution in [0.15, 0.2) is 18.2 Å². The first-order valence-corrected chi connectivity index (χ1v) is 4.23. The van der Waals surface area contributed by atoms with E-state index in [4.69, 9.17) is 0 Å². The number of carbonyl (C=O) groups is 1. The Bertz CT molecular complexity index is 321. The van der Waals surface area contributed by atoms with Gasteiger partial charge in [0.2, 0.25) is 0 Å². The first-order chi connectivity index (χ1) is 6.15. The summed E-state index contributed by atoms with van der Waals surface area (Å²) < 4.78 is 0. The van der Waals surface area contributed by atoms with Crippen LogP contribution in [0.4, 0.5) is 0 Å². The second-order valence-electron chi connectivity index (χ2n) is 2.88. The minimum Gasteiger partial charge on any atom is -0.507 e. The second kappa shape index (κ2) is 3.94. The van der Waals surface area contributed by atoms with E-state index in [1.54, 1.807) is 18.2 Å². The van der Waals surface area contributed by atoms with Gasteiger partial charge in [0.1, 0.15) is 5.75 Å². The predicted molar refractivity (Wildman–Crippen MR) is 50.9 cm³/mol. The first-order valence-electron chi connectivity index (χ1n) is 4.23. The van der Waals surface area contributed by atoms with Crippen LogP contribution in [-0.4, -0.2) is 17.6 Å². The number of carbonyl (C=O) groups excluding carboxylic acids is 1. The zero-order valence-electron chi connectivity index (χ0n) is 7.79. The van der Waals surface area contributed by atoms with Gasteiger partial charge in [0, 0.05) is 6.54 Å². The zero-order valence-corrected chi connectivity index (χ0v) is 7.79. The van der Waals surface area contributed by atoms with Crippen molar-refractivity contribution >= 4 is 5.91 Å². The van der Waals surface area contributed by atoms with Crippen molar-refractivity contribution in [1.29, 1.82) is 0 Å². The summed E-state index contributed by atoms with van der Waals surface area (Å²) in [5.41, 5.74) is 1.26. The molecule has 1 aromatic carbocycles. The van der Waals surface area contributed by atoms with Crippen molar-refractivity contribution in [2.75, 3.05) is 6.54 Å². The van der Waals surface area contributed by atoms with E-state index in [0.717, 1.165) is 5.56 Å². The van der Waals surface area contributed by atoms with Gasteiger partial charge in [-0.25, -0.2) is 0 Å². The quantitative estimate of drug-likeness (QED) is 0.722. The summed E-state index contributed by atoms with van der Waals surface area (Å²) in [5, 5.41) is 12.1. The standard InChI is InChI=1S/C10H13NO2/c1-3-11-10(13)8-5-4-7(2)6-9(8)12/h4-6,12H,3H2,1-2H3,(H,11,13). The average Bonchev–Trinajstić information content (AvgIpc) is 2.04. The van der Waals surface area contributed by atoms with Gasteiger partial charge in [-0.1, -0.05) is 6.07 Å². The Morgan fingerprint density at radius 3 is 2.77 bits per heavy atom. The summed E-state index contributed by atoms with van der Waals surface area (Å²) >= 11 is 0. The molecule has 0 radical (unpaired) electrons. The molecule has 3 nitrogen and oxygen atoms in total. The van der Waals surface area contributed by atoms with Crippen LogP contribution in [0.1, 0.15) is 22.8 Å². The highest BCUT2D eigenvalue weighted by molar-refractivity contribution is 5.96. The lowest BCUT2D eigenvalue weighted by Crippen LogP contribution is -2.22. The summed E-state index contributed by atoms with van der Waals surface area (Å²) in [6.45, 7) is 4.26. The molecular formula is C10H13NO2. The molecule has 0 aliphatic rings. The molecule has 0 aliphatic heterocycles. The fourth-order valence-electron chi connectivity index (χ4n) is 1.09. The number of phenolic OH excluding ortho intramolecular Hbond substituents is 1. The van der Waals surface area contributed by atoms with Crippen molar-refractivity contribution < 1.29 is 9.90 Å². The minimum atomic E-state index is -0.236. The smallest absolute Gasteiger partial charge is 0.255 e. The van der Waals surface area contributed by atoms with Crippen LogP contribution in [0.2, 0.25) is 0 Å². The van der Waals surface area contributed by atoms with Gasteiger partial charge in [-0.2, -0.15) is 0 Å². The molecule has 13 heavy (non-hydrogen) atoms. The third kappa shape index (κ3) is 2.21. The van der Waals surface area contributed by atoms with Crippen LogP contribution in [0, 0.1) is 6.92 Å². The summed E-state index contributed by atoms with van der Waals surface area (Å²) in [6.07, 6.45) is 0. The molecule has 2 N–H and O–H groups in total. The van der Waals surface area contributed by atoms with E-state index < -0.39 is 0 Å². The monoisotopic (exact) mass is 179 g/mol. The third-order valence-electron chi connectivity index (χ3n) is 1.74. The lowest BCUT2D eigenvalue weighted by Gasteiger charge is -2.04. The number of aryl methyl sites for hydroxylation is 1. The van der Waals surface area contributed by atoms with Crippen molar-refractivity contribution in [2.24, 2.45) is 0 Å². The van der Waals surface area contributed by atoms with Gasteiger partial charge in [0.25, 0.3) is 5.91 Å². The average molecular weight is 179 g/mol. The maximum absolute atomic E-state index is 11.3. The first kappa shape index (κ1) is 9.58. The van der Waals surface area contributed by atoms with Gasteiger partial charge in [0.05, 0.1) is 5.56 Å². The summed E-state index contributed by atoms with van der Waals surface area (Å²) in [4.78, 5) is 11.3. The number of hydrogen-bond acceptors (Lipinski definition) is 2. The predicted octanol–water partition coefficient (Wildman–Crippen LogP) is 1.45. The van der Waals surface area contributed by atoms with E-state index in [9.17, 15) is 9.90 Å². The second-order valence-corrected chi connectivity index (χ2v) is 2.88. The molecule has 0 saturated heterocycles. The Hall–Kier alpha value is -1.51. The summed E-state index contributed by atoms with van der Waals surface area (Å²) in [6, 6.07) is 4.99. The molecule has 1 amide bonds. The number of nitrogens with one attached hydrogen (secondary N) is 1. The molecule has 1 aromatic rings. The van der Waals surface area contributed by atoms with Gasteiger partial charge in [-0.3, -0.25) is 4.79 Å². The fraction of sp³-hybridized carbons (Fsp3) is 0.300. The third-order valence-corrected chi connectivity index (χ3v) is 1.74. The van der Waals surface area contributed by atoms with Gasteiger partial charge in [0.15, 0.2) is 0 Å². The lowest BCUT2D eigenvalue weighted by atomic mass is 10.1. The highest BCUT2D eigenvalue weighted by Crippen LogP contribution is 2.17. The highest BCUT2D eigenvalue weighted by atomic mass is 16.3. The molecule has 1 rings (SSSR count). The van der Waals surface area contributed by atoms with Crippen molar-refractivity contribution in [3.05, 3.63) is 29.3 Å². The molecule has 0 saturated carbocycles. The van der Waals surface area contributed by atoms with E-state index in [0.29, 0.717) is 12.1 Å². The van der Waals surface area contributed by atoms with Crippen LogP contribution in [0.25, 0.3) is 0 Å². The van der Waals surface area contributed by atoms with Gasteiger partial charge < -0.3 is 10.4 Å². The van der Waals surface area contributed by atoms with Crippen LogP contribution in [0.5, 0.6) is 5.75 Å². The lowest BCUT2D eigenvalue weighted by molar-refractivity contribution is 0.0953. The number of aromatic hydroxyl groups is 1. The fourth-order valence-corrected chi connectivity index (χ4v) is 1.09. The van der Waals surface area contributed by atoms with E-state index in [1.807, 2.05) is 13.8 Å². The maximum Gasteiger partial charge on any atom is 0.255 e. The van der Waals surface area contributed by atoms with Crippen LogP contribution < -0.4 is 5.32 Å². The Balaban J connectivity index is 2.95. The molecule has 0 spiro atoms. The Kier molecular flexibility index (Phi) is 2.90. The Morgan fingerprint density at radius 1 is 1.54 bits per heavy atom. The Morgan fingerprint density at radius 2 is 2.23 bits per heavy atom. The number of rotatable bonds is 2. The molecule has 0 unspecified atom stereocenters. The van der Waals surface area contributed by atoms with E-state index in [2.05, 4.69) is 5.32 Å². The number of phenols is 1. The molecule has 0 bridgehead atoms. The van der Waals surface area contributed by atoms with Crippen molar-refractivity contribution in [3.8, 4) is 5.75 Å². The normalized spacial score (nSPS) is 9.69. The van der Waals surface area contributed by atoms with Crippen LogP contribution >= 0.6 is 0 Å². The molecule has 0 heterocycles. The molecule has 0 atom stereocenters. The van der Waals surface area contributed by atoms with Crippen LogP contribution in [-0.2, 0) is 0 Å². The SMILES string of the molecule is CCNC(=O)c1ccc(C)cc1O. The number of benzene rings is 1. The molecule has 70 valence electrons. The van der Waals surface area contributed by atoms with Gasteiger partial charge in [-0.15, -0.1) is 0 Å². The van der Waals surface area contributed by atoms with Gasteiger partial charge >= 0.3 is 0 Å². The highest BCUT2D eigenvalue weighted by Gasteiger charge is 2.08. The molecular weight excluding hydrogens is 166 g/mol. The van der Waals surface area contributed by atoms with Crippen molar-refractivity contribution in [2.45, 2.75) is 13.8 Å².